The second-order valence-corrected chi connectivity index (χ2v) is 5.25. The molecule has 22 heavy (non-hydrogen) atoms. The van der Waals surface area contributed by atoms with Gasteiger partial charge in [-0.15, -0.1) is 0 Å². The van der Waals surface area contributed by atoms with Gasteiger partial charge in [0.05, 0.1) is 17.4 Å². The van der Waals surface area contributed by atoms with Gasteiger partial charge in [0.2, 0.25) is 0 Å². The van der Waals surface area contributed by atoms with Crippen LogP contribution >= 0.6 is 0 Å². The number of urea groups is 1. The Morgan fingerprint density at radius 3 is 3.00 bits per heavy atom. The Bertz CT molecular complexity index is 794. The highest BCUT2D eigenvalue weighted by molar-refractivity contribution is 5.91. The van der Waals surface area contributed by atoms with Gasteiger partial charge in [0.1, 0.15) is 0 Å². The average Bonchev–Trinajstić information content (AvgIpc) is 2.95. The fraction of sp³-hybridized carbons (Fsp3) is 0.176. The number of carbonyl (C=O) groups excluding carboxylic acids is 1. The lowest BCUT2D eigenvalue weighted by atomic mass is 10.1. The van der Waals surface area contributed by atoms with Crippen molar-refractivity contribution in [1.29, 1.82) is 0 Å². The molecule has 0 aliphatic carbocycles. The summed E-state index contributed by atoms with van der Waals surface area (Å²) < 4.78 is 0. The summed E-state index contributed by atoms with van der Waals surface area (Å²) in [5.74, 6) is 0. The molecule has 0 bridgehead atoms. The molecule has 5 nitrogen and oxygen atoms in total. The lowest BCUT2D eigenvalue weighted by Crippen LogP contribution is -2.30. The van der Waals surface area contributed by atoms with Crippen molar-refractivity contribution in [2.24, 2.45) is 0 Å². The minimum atomic E-state index is -0.202. The van der Waals surface area contributed by atoms with Gasteiger partial charge in [0.25, 0.3) is 0 Å². The molecule has 1 aromatic heterocycles. The zero-order valence-corrected chi connectivity index (χ0v) is 12.4. The molecule has 0 spiro atoms. The Morgan fingerprint density at radius 1 is 1.23 bits per heavy atom. The van der Waals surface area contributed by atoms with Crippen molar-refractivity contribution in [1.82, 2.24) is 15.3 Å². The van der Waals surface area contributed by atoms with Crippen LogP contribution in [0.25, 0.3) is 11.0 Å². The van der Waals surface area contributed by atoms with E-state index >= 15 is 0 Å². The second-order valence-electron chi connectivity index (χ2n) is 5.25. The summed E-state index contributed by atoms with van der Waals surface area (Å²) in [6.45, 7) is 2.66. The first kappa shape index (κ1) is 14.1. The van der Waals surface area contributed by atoms with Gasteiger partial charge >= 0.3 is 6.03 Å². The molecule has 0 aliphatic heterocycles. The Kier molecular flexibility index (Phi) is 4.05. The molecule has 0 radical (unpaired) electrons. The van der Waals surface area contributed by atoms with Crippen molar-refractivity contribution < 1.29 is 4.79 Å². The fourth-order valence-electron chi connectivity index (χ4n) is 2.38. The number of benzene rings is 2. The van der Waals surface area contributed by atoms with Gasteiger partial charge in [-0.3, -0.25) is 0 Å². The van der Waals surface area contributed by atoms with Gasteiger partial charge < -0.3 is 15.6 Å². The van der Waals surface area contributed by atoms with E-state index in [1.165, 1.54) is 11.1 Å². The molecule has 0 fully saturated rings. The molecular weight excluding hydrogens is 276 g/mol. The highest BCUT2D eigenvalue weighted by Gasteiger charge is 2.03. The van der Waals surface area contributed by atoms with E-state index < -0.39 is 0 Å². The third-order valence-electron chi connectivity index (χ3n) is 3.46. The number of H-pyrrole nitrogens is 1. The molecule has 1 heterocycles. The van der Waals surface area contributed by atoms with Gasteiger partial charge in [0, 0.05) is 12.2 Å². The number of carbonyl (C=O) groups is 1. The fourth-order valence-corrected chi connectivity index (χ4v) is 2.38. The molecule has 3 aromatic rings. The minimum absolute atomic E-state index is 0.202. The van der Waals surface area contributed by atoms with E-state index in [2.05, 4.69) is 45.7 Å². The SMILES string of the molecule is Cc1cccc(CCNC(=O)Nc2ccc3nc[nH]c3c2)c1. The normalized spacial score (nSPS) is 10.6. The Labute approximate surface area is 128 Å². The number of fused-ring (bicyclic) bond motifs is 1. The third kappa shape index (κ3) is 3.44. The van der Waals surface area contributed by atoms with Crippen molar-refractivity contribution in [2.75, 3.05) is 11.9 Å². The van der Waals surface area contributed by atoms with Crippen molar-refractivity contribution >= 4 is 22.8 Å². The summed E-state index contributed by atoms with van der Waals surface area (Å²) in [7, 11) is 0. The number of anilines is 1. The highest BCUT2D eigenvalue weighted by Crippen LogP contribution is 2.15. The van der Waals surface area contributed by atoms with Gasteiger partial charge in [0.15, 0.2) is 0 Å². The lowest BCUT2D eigenvalue weighted by molar-refractivity contribution is 0.252. The van der Waals surface area contributed by atoms with Crippen LogP contribution in [0, 0.1) is 6.92 Å². The van der Waals surface area contributed by atoms with Gasteiger partial charge in [-0.2, -0.15) is 0 Å². The van der Waals surface area contributed by atoms with E-state index in [9.17, 15) is 4.79 Å². The maximum atomic E-state index is 11.9. The van der Waals surface area contributed by atoms with Crippen LogP contribution < -0.4 is 10.6 Å². The van der Waals surface area contributed by atoms with Gasteiger partial charge in [-0.25, -0.2) is 9.78 Å². The van der Waals surface area contributed by atoms with E-state index in [1.807, 2.05) is 24.3 Å². The number of hydrogen-bond acceptors (Lipinski definition) is 2. The maximum Gasteiger partial charge on any atom is 0.319 e. The molecule has 2 aromatic carbocycles. The zero-order chi connectivity index (χ0) is 15.4. The molecule has 0 atom stereocenters. The Hall–Kier alpha value is -2.82. The van der Waals surface area contributed by atoms with E-state index in [4.69, 9.17) is 0 Å². The molecule has 0 unspecified atom stereocenters. The third-order valence-corrected chi connectivity index (χ3v) is 3.46. The number of hydrogen-bond donors (Lipinski definition) is 3. The topological polar surface area (TPSA) is 69.8 Å². The van der Waals surface area contributed by atoms with E-state index in [0.29, 0.717) is 6.54 Å². The quantitative estimate of drug-likeness (QED) is 0.691. The van der Waals surface area contributed by atoms with Crippen LogP contribution in [0.3, 0.4) is 0 Å². The van der Waals surface area contributed by atoms with Crippen molar-refractivity contribution in [3.8, 4) is 0 Å². The Balaban J connectivity index is 1.51. The molecule has 2 amide bonds. The van der Waals surface area contributed by atoms with Crippen molar-refractivity contribution in [3.63, 3.8) is 0 Å². The van der Waals surface area contributed by atoms with Crippen LogP contribution in [0.4, 0.5) is 10.5 Å². The summed E-state index contributed by atoms with van der Waals surface area (Å²) in [4.78, 5) is 19.1. The van der Waals surface area contributed by atoms with Gasteiger partial charge in [-0.05, 0) is 37.1 Å². The number of aryl methyl sites for hydroxylation is 1. The van der Waals surface area contributed by atoms with E-state index in [-0.39, 0.29) is 6.03 Å². The first-order chi connectivity index (χ1) is 10.7. The number of imidazole rings is 1. The first-order valence-corrected chi connectivity index (χ1v) is 7.24. The molecule has 0 saturated heterocycles. The number of nitrogens with zero attached hydrogens (tertiary/aromatic N) is 1. The molecule has 0 saturated carbocycles. The monoisotopic (exact) mass is 294 g/mol. The minimum Gasteiger partial charge on any atom is -0.345 e. The summed E-state index contributed by atoms with van der Waals surface area (Å²) in [6, 6.07) is 13.7. The Morgan fingerprint density at radius 2 is 2.14 bits per heavy atom. The summed E-state index contributed by atoms with van der Waals surface area (Å²) in [6.07, 6.45) is 2.45. The summed E-state index contributed by atoms with van der Waals surface area (Å²) in [5, 5.41) is 5.69. The largest absolute Gasteiger partial charge is 0.345 e. The van der Waals surface area contributed by atoms with Crippen LogP contribution in [0.15, 0.2) is 48.8 Å². The van der Waals surface area contributed by atoms with Crippen molar-refractivity contribution in [3.05, 3.63) is 59.9 Å². The van der Waals surface area contributed by atoms with Crippen molar-refractivity contribution in [2.45, 2.75) is 13.3 Å². The van der Waals surface area contributed by atoms with Crippen LogP contribution in [-0.4, -0.2) is 22.5 Å². The number of amides is 2. The molecule has 112 valence electrons. The van der Waals surface area contributed by atoms with Gasteiger partial charge in [-0.1, -0.05) is 29.8 Å². The average molecular weight is 294 g/mol. The lowest BCUT2D eigenvalue weighted by Gasteiger charge is -2.08. The first-order valence-electron chi connectivity index (χ1n) is 7.24. The molecule has 5 heteroatoms. The highest BCUT2D eigenvalue weighted by atomic mass is 16.2. The number of aromatic nitrogens is 2. The standard InChI is InChI=1S/C17H18N4O/c1-12-3-2-4-13(9-12)7-8-18-17(22)21-14-5-6-15-16(10-14)20-11-19-15/h2-6,9-11H,7-8H2,1H3,(H,19,20)(H2,18,21,22). The van der Waals surface area contributed by atoms with E-state index in [0.717, 1.165) is 23.1 Å². The maximum absolute atomic E-state index is 11.9. The summed E-state index contributed by atoms with van der Waals surface area (Å²) >= 11 is 0. The molecular formula is C17H18N4O. The molecule has 3 N–H and O–H groups in total. The summed E-state index contributed by atoms with van der Waals surface area (Å²) in [5.41, 5.74) is 4.97. The number of aromatic amines is 1. The van der Waals surface area contributed by atoms with Crippen LogP contribution in [-0.2, 0) is 6.42 Å². The molecule has 0 aliphatic rings. The number of nitrogens with one attached hydrogen (secondary N) is 3. The van der Waals surface area contributed by atoms with Crippen LogP contribution in [0.2, 0.25) is 0 Å². The smallest absolute Gasteiger partial charge is 0.319 e. The van der Waals surface area contributed by atoms with Crippen LogP contribution in [0.5, 0.6) is 0 Å². The van der Waals surface area contributed by atoms with E-state index in [1.54, 1.807) is 6.33 Å². The molecule has 3 rings (SSSR count). The number of rotatable bonds is 4. The van der Waals surface area contributed by atoms with Crippen LogP contribution in [0.1, 0.15) is 11.1 Å². The zero-order valence-electron chi connectivity index (χ0n) is 12.4. The predicted molar refractivity (Wildman–Crippen MR) is 88.0 cm³/mol. The second kappa shape index (κ2) is 6.30. The predicted octanol–water partition coefficient (Wildman–Crippen LogP) is 3.24.